The summed E-state index contributed by atoms with van der Waals surface area (Å²) in [6, 6.07) is 8.18. The van der Waals surface area contributed by atoms with Crippen molar-refractivity contribution in [3.8, 4) is 11.5 Å². The Balaban J connectivity index is 1.97. The molecule has 0 N–H and O–H groups in total. The monoisotopic (exact) mass is 292 g/mol. The van der Waals surface area contributed by atoms with Gasteiger partial charge in [0, 0.05) is 0 Å². The maximum Gasteiger partial charge on any atom is 0.250 e. The average molecular weight is 292 g/mol. The van der Waals surface area contributed by atoms with Crippen LogP contribution in [0.25, 0.3) is 0 Å². The molecule has 0 amide bonds. The van der Waals surface area contributed by atoms with Gasteiger partial charge in [0.25, 0.3) is 0 Å². The quantitative estimate of drug-likeness (QED) is 0.692. The maximum atomic E-state index is 6.27. The number of hydrogen-bond acceptors (Lipinski definition) is 2. The molecule has 0 atom stereocenters. The van der Waals surface area contributed by atoms with Crippen LogP contribution >= 0.6 is 0 Å². The minimum atomic E-state index is -1.74. The zero-order valence-corrected chi connectivity index (χ0v) is 14.5. The summed E-state index contributed by atoms with van der Waals surface area (Å²) < 4.78 is 12.3. The van der Waals surface area contributed by atoms with Gasteiger partial charge in [-0.15, -0.1) is 0 Å². The number of ether oxygens (including phenoxy) is 1. The van der Waals surface area contributed by atoms with E-state index in [1.54, 1.807) is 0 Å². The summed E-state index contributed by atoms with van der Waals surface area (Å²) >= 11 is 0. The van der Waals surface area contributed by atoms with Gasteiger partial charge in [-0.2, -0.15) is 0 Å². The van der Waals surface area contributed by atoms with Crippen molar-refractivity contribution in [1.82, 2.24) is 0 Å². The molecule has 1 aliphatic carbocycles. The lowest BCUT2D eigenvalue weighted by Crippen LogP contribution is -2.43. The summed E-state index contributed by atoms with van der Waals surface area (Å²) in [5, 5.41) is 0.228. The summed E-state index contributed by atoms with van der Waals surface area (Å²) in [6.45, 7) is 11.3. The zero-order chi connectivity index (χ0) is 14.8. The van der Waals surface area contributed by atoms with Crippen molar-refractivity contribution >= 4 is 8.32 Å². The smallest absolute Gasteiger partial charge is 0.250 e. The molecule has 0 aromatic heterocycles. The number of rotatable bonds is 4. The molecule has 0 radical (unpaired) electrons. The van der Waals surface area contributed by atoms with E-state index in [2.05, 4.69) is 33.9 Å². The van der Waals surface area contributed by atoms with E-state index in [1.807, 2.05) is 24.3 Å². The van der Waals surface area contributed by atoms with Crippen LogP contribution in [0.2, 0.25) is 18.1 Å². The first-order chi connectivity index (χ1) is 9.28. The van der Waals surface area contributed by atoms with E-state index in [0.29, 0.717) is 6.10 Å². The molecular formula is C17H28O2Si. The van der Waals surface area contributed by atoms with E-state index in [4.69, 9.17) is 9.16 Å². The van der Waals surface area contributed by atoms with Crippen LogP contribution in [0.5, 0.6) is 11.5 Å². The highest BCUT2D eigenvalue weighted by Gasteiger charge is 2.38. The second-order valence-electron chi connectivity index (χ2n) is 7.36. The van der Waals surface area contributed by atoms with Gasteiger partial charge in [-0.1, -0.05) is 20.8 Å². The van der Waals surface area contributed by atoms with Crippen molar-refractivity contribution in [2.24, 2.45) is 0 Å². The normalized spacial score (nSPS) is 17.2. The standard InChI is InChI=1S/C17H28O2Si/c1-17(2,3)20(4,5)19-16-12-10-15(11-13-16)18-14-8-6-7-9-14/h10-14H,6-9H2,1-5H3. The van der Waals surface area contributed by atoms with Crippen LogP contribution in [0.3, 0.4) is 0 Å². The summed E-state index contributed by atoms with van der Waals surface area (Å²) in [5.74, 6) is 1.94. The van der Waals surface area contributed by atoms with Gasteiger partial charge >= 0.3 is 0 Å². The van der Waals surface area contributed by atoms with Crippen molar-refractivity contribution in [1.29, 1.82) is 0 Å². The van der Waals surface area contributed by atoms with Crippen LogP contribution in [0, 0.1) is 0 Å². The minimum Gasteiger partial charge on any atom is -0.543 e. The molecule has 1 aromatic carbocycles. The molecule has 2 rings (SSSR count). The first-order valence-electron chi connectivity index (χ1n) is 7.74. The van der Waals surface area contributed by atoms with Crippen molar-refractivity contribution in [3.05, 3.63) is 24.3 Å². The molecule has 0 spiro atoms. The van der Waals surface area contributed by atoms with Gasteiger partial charge in [0.2, 0.25) is 8.32 Å². The molecule has 0 aliphatic heterocycles. The van der Waals surface area contributed by atoms with Gasteiger partial charge in [-0.05, 0) is 68.1 Å². The van der Waals surface area contributed by atoms with E-state index in [1.165, 1.54) is 25.7 Å². The molecule has 1 aromatic rings. The average Bonchev–Trinajstić information content (AvgIpc) is 2.83. The second kappa shape index (κ2) is 5.80. The van der Waals surface area contributed by atoms with Crippen molar-refractivity contribution in [2.75, 3.05) is 0 Å². The molecule has 3 heteroatoms. The van der Waals surface area contributed by atoms with Gasteiger partial charge in [-0.3, -0.25) is 0 Å². The van der Waals surface area contributed by atoms with E-state index in [9.17, 15) is 0 Å². The first kappa shape index (κ1) is 15.4. The third kappa shape index (κ3) is 3.78. The second-order valence-corrected chi connectivity index (χ2v) is 12.1. The first-order valence-corrected chi connectivity index (χ1v) is 10.6. The molecular weight excluding hydrogens is 264 g/mol. The summed E-state index contributed by atoms with van der Waals surface area (Å²) in [7, 11) is -1.74. The fraction of sp³-hybridized carbons (Fsp3) is 0.647. The molecule has 1 aliphatic rings. The predicted molar refractivity (Wildman–Crippen MR) is 87.2 cm³/mol. The molecule has 2 nitrogen and oxygen atoms in total. The molecule has 1 fully saturated rings. The van der Waals surface area contributed by atoms with Crippen LogP contribution in [0.15, 0.2) is 24.3 Å². The fourth-order valence-corrected chi connectivity index (χ4v) is 3.26. The Kier molecular flexibility index (Phi) is 4.48. The van der Waals surface area contributed by atoms with E-state index in [0.717, 1.165) is 11.5 Å². The third-order valence-corrected chi connectivity index (χ3v) is 8.97. The Labute approximate surface area is 124 Å². The lowest BCUT2D eigenvalue weighted by Gasteiger charge is -2.36. The van der Waals surface area contributed by atoms with E-state index < -0.39 is 8.32 Å². The predicted octanol–water partition coefficient (Wildman–Crippen LogP) is 5.39. The van der Waals surface area contributed by atoms with Crippen LogP contribution in [-0.2, 0) is 0 Å². The minimum absolute atomic E-state index is 0.228. The summed E-state index contributed by atoms with van der Waals surface area (Å²) in [5.41, 5.74) is 0. The highest BCUT2D eigenvalue weighted by atomic mass is 28.4. The van der Waals surface area contributed by atoms with Gasteiger partial charge in [0.15, 0.2) is 0 Å². The fourth-order valence-electron chi connectivity index (χ4n) is 2.23. The molecule has 0 unspecified atom stereocenters. The number of benzene rings is 1. The SMILES string of the molecule is CC(C)(C)[Si](C)(C)Oc1ccc(OC2CCCC2)cc1. The number of hydrogen-bond donors (Lipinski definition) is 0. The van der Waals surface area contributed by atoms with Crippen molar-refractivity contribution in [3.63, 3.8) is 0 Å². The van der Waals surface area contributed by atoms with Gasteiger partial charge in [-0.25, -0.2) is 0 Å². The highest BCUT2D eigenvalue weighted by Crippen LogP contribution is 2.37. The highest BCUT2D eigenvalue weighted by molar-refractivity contribution is 6.74. The summed E-state index contributed by atoms with van der Waals surface area (Å²) in [4.78, 5) is 0. The molecule has 0 heterocycles. The molecule has 1 saturated carbocycles. The summed E-state index contributed by atoms with van der Waals surface area (Å²) in [6.07, 6.45) is 5.42. The molecule has 0 bridgehead atoms. The molecule has 20 heavy (non-hydrogen) atoms. The Hall–Kier alpha value is -0.963. The Morgan fingerprint density at radius 3 is 1.95 bits per heavy atom. The molecule has 112 valence electrons. The van der Waals surface area contributed by atoms with Crippen LogP contribution in [0.4, 0.5) is 0 Å². The van der Waals surface area contributed by atoms with Gasteiger partial charge < -0.3 is 9.16 Å². The van der Waals surface area contributed by atoms with Gasteiger partial charge in [0.05, 0.1) is 6.10 Å². The van der Waals surface area contributed by atoms with Crippen LogP contribution in [0.1, 0.15) is 46.5 Å². The Morgan fingerprint density at radius 2 is 1.45 bits per heavy atom. The van der Waals surface area contributed by atoms with Crippen LogP contribution in [-0.4, -0.2) is 14.4 Å². The zero-order valence-electron chi connectivity index (χ0n) is 13.5. The third-order valence-electron chi connectivity index (χ3n) is 4.61. The molecule has 0 saturated heterocycles. The topological polar surface area (TPSA) is 18.5 Å². The van der Waals surface area contributed by atoms with Gasteiger partial charge in [0.1, 0.15) is 11.5 Å². The van der Waals surface area contributed by atoms with Crippen LogP contribution < -0.4 is 9.16 Å². The largest absolute Gasteiger partial charge is 0.543 e. The van der Waals surface area contributed by atoms with Crippen molar-refractivity contribution in [2.45, 2.75) is 70.7 Å². The maximum absolute atomic E-state index is 6.27. The van der Waals surface area contributed by atoms with Crippen molar-refractivity contribution < 1.29 is 9.16 Å². The van der Waals surface area contributed by atoms with E-state index in [-0.39, 0.29) is 5.04 Å². The Bertz CT molecular complexity index is 425. The van der Waals surface area contributed by atoms with E-state index >= 15 is 0 Å². The lowest BCUT2D eigenvalue weighted by molar-refractivity contribution is 0.210. The lowest BCUT2D eigenvalue weighted by atomic mass is 10.2. The Morgan fingerprint density at radius 1 is 0.950 bits per heavy atom.